The Balaban J connectivity index is 2.11. The van der Waals surface area contributed by atoms with Gasteiger partial charge in [-0.2, -0.15) is 0 Å². The molecule has 1 heterocycles. The van der Waals surface area contributed by atoms with Crippen LogP contribution in [0.15, 0.2) is 41.8 Å². The third-order valence-electron chi connectivity index (χ3n) is 2.96. The van der Waals surface area contributed by atoms with Gasteiger partial charge in [0.15, 0.2) is 0 Å². The molecule has 0 amide bonds. The minimum absolute atomic E-state index is 0.889. The summed E-state index contributed by atoms with van der Waals surface area (Å²) in [5.74, 6) is 0.889. The van der Waals surface area contributed by atoms with Crippen molar-refractivity contribution in [1.82, 2.24) is 4.98 Å². The van der Waals surface area contributed by atoms with Crippen molar-refractivity contribution in [3.05, 3.63) is 46.8 Å². The molecule has 3 rings (SSSR count). The molecule has 18 heavy (non-hydrogen) atoms. The van der Waals surface area contributed by atoms with Crippen LogP contribution in [0.3, 0.4) is 0 Å². The average molecular weight is 255 g/mol. The molecule has 2 aromatic carbocycles. The Morgan fingerprint density at radius 3 is 2.56 bits per heavy atom. The van der Waals surface area contributed by atoms with Crippen LogP contribution in [0.25, 0.3) is 22.0 Å². The van der Waals surface area contributed by atoms with Crippen molar-refractivity contribution < 1.29 is 4.74 Å². The van der Waals surface area contributed by atoms with Crippen LogP contribution in [0.1, 0.15) is 5.01 Å². The average Bonchev–Trinajstić information content (AvgIpc) is 2.84. The van der Waals surface area contributed by atoms with Crippen molar-refractivity contribution in [1.29, 1.82) is 0 Å². The fraction of sp³-hybridized carbons (Fsp3) is 0.133. The summed E-state index contributed by atoms with van der Waals surface area (Å²) in [4.78, 5) is 4.52. The molecule has 0 atom stereocenters. The molecule has 0 aliphatic heterocycles. The molecule has 0 unspecified atom stereocenters. The summed E-state index contributed by atoms with van der Waals surface area (Å²) in [7, 11) is 1.69. The van der Waals surface area contributed by atoms with E-state index in [1.165, 1.54) is 10.8 Å². The topological polar surface area (TPSA) is 22.1 Å². The van der Waals surface area contributed by atoms with E-state index in [0.717, 1.165) is 22.0 Å². The Morgan fingerprint density at radius 1 is 1.06 bits per heavy atom. The third kappa shape index (κ3) is 1.97. The number of methoxy groups -OCH3 is 1. The number of thiazole rings is 1. The van der Waals surface area contributed by atoms with Gasteiger partial charge in [-0.1, -0.05) is 18.2 Å². The van der Waals surface area contributed by atoms with Crippen LogP contribution < -0.4 is 4.74 Å². The maximum absolute atomic E-state index is 5.23. The van der Waals surface area contributed by atoms with Crippen molar-refractivity contribution in [3.8, 4) is 17.0 Å². The molecule has 0 fully saturated rings. The van der Waals surface area contributed by atoms with Crippen molar-refractivity contribution in [2.45, 2.75) is 6.92 Å². The summed E-state index contributed by atoms with van der Waals surface area (Å²) in [6, 6.07) is 12.5. The van der Waals surface area contributed by atoms with E-state index >= 15 is 0 Å². The number of benzene rings is 2. The summed E-state index contributed by atoms with van der Waals surface area (Å²) in [5, 5.41) is 5.59. The largest absolute Gasteiger partial charge is 0.497 e. The van der Waals surface area contributed by atoms with Crippen LogP contribution in [0.4, 0.5) is 0 Å². The molecule has 90 valence electrons. The van der Waals surface area contributed by atoms with E-state index in [9.17, 15) is 0 Å². The molecule has 0 aliphatic carbocycles. The van der Waals surface area contributed by atoms with E-state index < -0.39 is 0 Å². The second-order valence-corrected chi connectivity index (χ2v) is 5.24. The Hall–Kier alpha value is -1.87. The number of ether oxygens (including phenoxy) is 1. The smallest absolute Gasteiger partial charge is 0.119 e. The van der Waals surface area contributed by atoms with Gasteiger partial charge in [-0.3, -0.25) is 0 Å². The van der Waals surface area contributed by atoms with Gasteiger partial charge in [0.25, 0.3) is 0 Å². The van der Waals surface area contributed by atoms with Gasteiger partial charge in [-0.25, -0.2) is 4.98 Å². The van der Waals surface area contributed by atoms with Crippen LogP contribution in [0.5, 0.6) is 5.75 Å². The van der Waals surface area contributed by atoms with Gasteiger partial charge < -0.3 is 4.74 Å². The number of rotatable bonds is 2. The summed E-state index contributed by atoms with van der Waals surface area (Å²) < 4.78 is 5.23. The molecular formula is C15H13NOS. The fourth-order valence-corrected chi connectivity index (χ4v) is 2.63. The zero-order valence-corrected chi connectivity index (χ0v) is 11.1. The highest BCUT2D eigenvalue weighted by atomic mass is 32.1. The molecule has 2 nitrogen and oxygen atoms in total. The van der Waals surface area contributed by atoms with Gasteiger partial charge in [0.1, 0.15) is 5.75 Å². The maximum atomic E-state index is 5.23. The second kappa shape index (κ2) is 4.42. The van der Waals surface area contributed by atoms with Gasteiger partial charge in [-0.05, 0) is 35.9 Å². The molecule has 1 aromatic heterocycles. The minimum Gasteiger partial charge on any atom is -0.497 e. The minimum atomic E-state index is 0.889. The number of aryl methyl sites for hydroxylation is 1. The first-order valence-corrected chi connectivity index (χ1v) is 6.64. The highest BCUT2D eigenvalue weighted by molar-refractivity contribution is 7.09. The van der Waals surface area contributed by atoms with Crippen molar-refractivity contribution in [3.63, 3.8) is 0 Å². The fourth-order valence-electron chi connectivity index (χ4n) is 2.01. The van der Waals surface area contributed by atoms with E-state index in [0.29, 0.717) is 0 Å². The molecule has 3 aromatic rings. The van der Waals surface area contributed by atoms with Crippen LogP contribution in [0.2, 0.25) is 0 Å². The lowest BCUT2D eigenvalue weighted by molar-refractivity contribution is 0.415. The standard InChI is InChI=1S/C15H13NOS/c1-10-16-15(9-18-10)13-4-3-12-8-14(17-2)6-5-11(12)7-13/h3-9H,1-2H3. The van der Waals surface area contributed by atoms with Crippen molar-refractivity contribution >= 4 is 22.1 Å². The van der Waals surface area contributed by atoms with Gasteiger partial charge >= 0.3 is 0 Å². The zero-order chi connectivity index (χ0) is 12.5. The van der Waals surface area contributed by atoms with Crippen LogP contribution in [-0.4, -0.2) is 12.1 Å². The van der Waals surface area contributed by atoms with E-state index in [1.54, 1.807) is 18.4 Å². The monoisotopic (exact) mass is 255 g/mol. The predicted octanol–water partition coefficient (Wildman–Crippen LogP) is 4.28. The quantitative estimate of drug-likeness (QED) is 0.682. The van der Waals surface area contributed by atoms with Gasteiger partial charge in [0.2, 0.25) is 0 Å². The van der Waals surface area contributed by atoms with Gasteiger partial charge in [0, 0.05) is 10.9 Å². The number of aromatic nitrogens is 1. The van der Waals surface area contributed by atoms with Crippen LogP contribution >= 0.6 is 11.3 Å². The lowest BCUT2D eigenvalue weighted by atomic mass is 10.1. The van der Waals surface area contributed by atoms with E-state index in [2.05, 4.69) is 34.6 Å². The first-order valence-electron chi connectivity index (χ1n) is 5.76. The van der Waals surface area contributed by atoms with Gasteiger partial charge in [-0.15, -0.1) is 11.3 Å². The molecule has 0 radical (unpaired) electrons. The molecule has 0 N–H and O–H groups in total. The highest BCUT2D eigenvalue weighted by Gasteiger charge is 2.03. The normalized spacial score (nSPS) is 10.8. The van der Waals surface area contributed by atoms with Crippen molar-refractivity contribution in [2.75, 3.05) is 7.11 Å². The molecule has 0 saturated carbocycles. The summed E-state index contributed by atoms with van der Waals surface area (Å²) in [6.07, 6.45) is 0. The number of nitrogens with zero attached hydrogens (tertiary/aromatic N) is 1. The number of fused-ring (bicyclic) bond motifs is 1. The number of hydrogen-bond acceptors (Lipinski definition) is 3. The first-order chi connectivity index (χ1) is 8.76. The molecule has 0 saturated heterocycles. The van der Waals surface area contributed by atoms with Crippen molar-refractivity contribution in [2.24, 2.45) is 0 Å². The first kappa shape index (κ1) is 11.2. The molecule has 0 bridgehead atoms. The summed E-state index contributed by atoms with van der Waals surface area (Å²) >= 11 is 1.68. The highest BCUT2D eigenvalue weighted by Crippen LogP contribution is 2.27. The van der Waals surface area contributed by atoms with E-state index in [-0.39, 0.29) is 0 Å². The lowest BCUT2D eigenvalue weighted by Crippen LogP contribution is -1.83. The Labute approximate surface area is 110 Å². The van der Waals surface area contributed by atoms with E-state index in [4.69, 9.17) is 4.74 Å². The Bertz CT molecular complexity index is 703. The number of hydrogen-bond donors (Lipinski definition) is 0. The molecule has 3 heteroatoms. The summed E-state index contributed by atoms with van der Waals surface area (Å²) in [6.45, 7) is 2.03. The predicted molar refractivity (Wildman–Crippen MR) is 76.3 cm³/mol. The van der Waals surface area contributed by atoms with Crippen LogP contribution in [-0.2, 0) is 0 Å². The lowest BCUT2D eigenvalue weighted by Gasteiger charge is -2.04. The van der Waals surface area contributed by atoms with Crippen LogP contribution in [0, 0.1) is 6.92 Å². The third-order valence-corrected chi connectivity index (χ3v) is 3.74. The molecule has 0 spiro atoms. The second-order valence-electron chi connectivity index (χ2n) is 4.18. The summed E-state index contributed by atoms with van der Waals surface area (Å²) in [5.41, 5.74) is 2.22. The molecular weight excluding hydrogens is 242 g/mol. The van der Waals surface area contributed by atoms with E-state index in [1.807, 2.05) is 19.1 Å². The maximum Gasteiger partial charge on any atom is 0.119 e. The zero-order valence-electron chi connectivity index (χ0n) is 10.3. The molecule has 0 aliphatic rings. The Morgan fingerprint density at radius 2 is 1.83 bits per heavy atom. The SMILES string of the molecule is COc1ccc2cc(-c3csc(C)n3)ccc2c1. The van der Waals surface area contributed by atoms with Gasteiger partial charge in [0.05, 0.1) is 17.8 Å². The Kier molecular flexibility index (Phi) is 2.76.